The first-order valence-electron chi connectivity index (χ1n) is 10.1. The van der Waals surface area contributed by atoms with Crippen LogP contribution in [0, 0.1) is 5.82 Å². The summed E-state index contributed by atoms with van der Waals surface area (Å²) in [6, 6.07) is 7.08. The van der Waals surface area contributed by atoms with Crippen LogP contribution in [0.3, 0.4) is 0 Å². The highest BCUT2D eigenvalue weighted by Gasteiger charge is 2.07. The van der Waals surface area contributed by atoms with E-state index < -0.39 is 0 Å². The molecule has 1 unspecified atom stereocenters. The third-order valence-electron chi connectivity index (χ3n) is 4.76. The van der Waals surface area contributed by atoms with Gasteiger partial charge in [0.15, 0.2) is 5.96 Å². The number of hydrogen-bond acceptors (Lipinski definition) is 3. The number of hydrogen-bond donors (Lipinski definition) is 2. The van der Waals surface area contributed by atoms with Crippen molar-refractivity contribution in [2.75, 3.05) is 46.8 Å². The Morgan fingerprint density at radius 3 is 2.41 bits per heavy atom. The second-order valence-electron chi connectivity index (χ2n) is 7.08. The van der Waals surface area contributed by atoms with Crippen LogP contribution in [-0.4, -0.2) is 68.6 Å². The number of halogens is 1. The lowest BCUT2D eigenvalue weighted by atomic mass is 10.2. The molecule has 0 aliphatic rings. The molecule has 1 atom stereocenters. The Bertz CT molecular complexity index is 528. The van der Waals surface area contributed by atoms with Crippen molar-refractivity contribution in [3.63, 3.8) is 0 Å². The number of benzene rings is 1. The van der Waals surface area contributed by atoms with Gasteiger partial charge in [0, 0.05) is 32.7 Å². The maximum absolute atomic E-state index is 13.0. The number of nitrogens with zero attached hydrogens (tertiary/aromatic N) is 3. The summed E-state index contributed by atoms with van der Waals surface area (Å²) in [6.07, 6.45) is 2.31. The first-order chi connectivity index (χ1) is 13.0. The Morgan fingerprint density at radius 2 is 1.81 bits per heavy atom. The molecule has 2 N–H and O–H groups in total. The van der Waals surface area contributed by atoms with Gasteiger partial charge in [-0.15, -0.1) is 0 Å². The highest BCUT2D eigenvalue weighted by molar-refractivity contribution is 5.79. The maximum atomic E-state index is 13.0. The highest BCUT2D eigenvalue weighted by atomic mass is 19.1. The number of aliphatic imine (C=N–C) groups is 1. The van der Waals surface area contributed by atoms with E-state index in [1.54, 1.807) is 7.05 Å². The van der Waals surface area contributed by atoms with E-state index in [1.165, 1.54) is 18.6 Å². The minimum atomic E-state index is -0.191. The van der Waals surface area contributed by atoms with Gasteiger partial charge in [-0.1, -0.05) is 26.0 Å². The van der Waals surface area contributed by atoms with Gasteiger partial charge < -0.3 is 20.4 Å². The Labute approximate surface area is 165 Å². The van der Waals surface area contributed by atoms with E-state index in [-0.39, 0.29) is 5.82 Å². The van der Waals surface area contributed by atoms with Crippen LogP contribution in [0.15, 0.2) is 29.3 Å². The van der Waals surface area contributed by atoms with Crippen molar-refractivity contribution in [3.05, 3.63) is 35.6 Å². The van der Waals surface area contributed by atoms with Crippen LogP contribution in [-0.2, 0) is 6.54 Å². The molecule has 0 radical (unpaired) electrons. The molecule has 6 heteroatoms. The fraction of sp³-hybridized carbons (Fsp3) is 0.667. The lowest BCUT2D eigenvalue weighted by Crippen LogP contribution is -2.44. The van der Waals surface area contributed by atoms with E-state index >= 15 is 0 Å². The SMILES string of the molecule is CCN(CC)CCCC(C)NC(=NC)NCCN(C)Cc1ccc(F)cc1. The Kier molecular flexibility index (Phi) is 11.7. The summed E-state index contributed by atoms with van der Waals surface area (Å²) >= 11 is 0. The van der Waals surface area contributed by atoms with Crippen molar-refractivity contribution in [2.24, 2.45) is 4.99 Å². The fourth-order valence-electron chi connectivity index (χ4n) is 3.01. The van der Waals surface area contributed by atoms with E-state index in [9.17, 15) is 4.39 Å². The van der Waals surface area contributed by atoms with Crippen molar-refractivity contribution in [3.8, 4) is 0 Å². The van der Waals surface area contributed by atoms with Crippen LogP contribution < -0.4 is 10.6 Å². The predicted octanol–water partition coefficient (Wildman–Crippen LogP) is 2.93. The lowest BCUT2D eigenvalue weighted by molar-refractivity contribution is 0.292. The maximum Gasteiger partial charge on any atom is 0.191 e. The quantitative estimate of drug-likeness (QED) is 0.433. The van der Waals surface area contributed by atoms with Crippen molar-refractivity contribution in [2.45, 2.75) is 46.2 Å². The number of guanidine groups is 1. The van der Waals surface area contributed by atoms with Gasteiger partial charge in [-0.3, -0.25) is 4.99 Å². The van der Waals surface area contributed by atoms with Crippen molar-refractivity contribution >= 4 is 5.96 Å². The molecule has 0 aromatic heterocycles. The molecule has 0 saturated heterocycles. The van der Waals surface area contributed by atoms with Gasteiger partial charge in [0.2, 0.25) is 0 Å². The molecule has 0 heterocycles. The van der Waals surface area contributed by atoms with Crippen molar-refractivity contribution in [1.82, 2.24) is 20.4 Å². The molecule has 1 aromatic carbocycles. The van der Waals surface area contributed by atoms with Gasteiger partial charge in [-0.05, 0) is 64.1 Å². The summed E-state index contributed by atoms with van der Waals surface area (Å²) < 4.78 is 13.0. The molecular formula is C21H38FN5. The van der Waals surface area contributed by atoms with Gasteiger partial charge in [0.05, 0.1) is 0 Å². The molecule has 0 spiro atoms. The third-order valence-corrected chi connectivity index (χ3v) is 4.76. The molecule has 0 saturated carbocycles. The van der Waals surface area contributed by atoms with E-state index in [2.05, 4.69) is 53.2 Å². The highest BCUT2D eigenvalue weighted by Crippen LogP contribution is 2.05. The summed E-state index contributed by atoms with van der Waals surface area (Å²) in [5.41, 5.74) is 1.11. The molecule has 154 valence electrons. The zero-order chi connectivity index (χ0) is 20.1. The number of nitrogens with one attached hydrogen (secondary N) is 2. The van der Waals surface area contributed by atoms with Crippen molar-refractivity contribution in [1.29, 1.82) is 0 Å². The molecule has 5 nitrogen and oxygen atoms in total. The van der Waals surface area contributed by atoms with Crippen LogP contribution in [0.5, 0.6) is 0 Å². The first kappa shape index (κ1) is 23.4. The van der Waals surface area contributed by atoms with E-state index in [4.69, 9.17) is 0 Å². The Hall–Kier alpha value is -1.66. The molecule has 1 aromatic rings. The molecule has 0 fully saturated rings. The predicted molar refractivity (Wildman–Crippen MR) is 114 cm³/mol. The summed E-state index contributed by atoms with van der Waals surface area (Å²) in [5, 5.41) is 6.84. The topological polar surface area (TPSA) is 42.9 Å². The molecule has 0 aliphatic heterocycles. The second-order valence-corrected chi connectivity index (χ2v) is 7.08. The average Bonchev–Trinajstić information content (AvgIpc) is 2.66. The molecule has 0 amide bonds. The third kappa shape index (κ3) is 10.3. The summed E-state index contributed by atoms with van der Waals surface area (Å²) in [7, 11) is 3.87. The summed E-state index contributed by atoms with van der Waals surface area (Å²) in [6.45, 7) is 12.5. The fourth-order valence-corrected chi connectivity index (χ4v) is 3.01. The zero-order valence-corrected chi connectivity index (χ0v) is 17.8. The van der Waals surface area contributed by atoms with Gasteiger partial charge >= 0.3 is 0 Å². The van der Waals surface area contributed by atoms with E-state index in [0.29, 0.717) is 6.04 Å². The normalized spacial score (nSPS) is 13.3. The van der Waals surface area contributed by atoms with Crippen molar-refractivity contribution < 1.29 is 4.39 Å². The first-order valence-corrected chi connectivity index (χ1v) is 10.1. The van der Waals surface area contributed by atoms with Crippen LogP contribution in [0.25, 0.3) is 0 Å². The average molecular weight is 380 g/mol. The summed E-state index contributed by atoms with van der Waals surface area (Å²) in [5.74, 6) is 0.657. The van der Waals surface area contributed by atoms with Crippen LogP contribution in [0.1, 0.15) is 39.2 Å². The van der Waals surface area contributed by atoms with Gasteiger partial charge in [0.25, 0.3) is 0 Å². The molecule has 0 aliphatic carbocycles. The second kappa shape index (κ2) is 13.5. The lowest BCUT2D eigenvalue weighted by Gasteiger charge is -2.22. The molecular weight excluding hydrogens is 341 g/mol. The Balaban J connectivity index is 2.23. The zero-order valence-electron chi connectivity index (χ0n) is 17.8. The largest absolute Gasteiger partial charge is 0.355 e. The Morgan fingerprint density at radius 1 is 1.15 bits per heavy atom. The van der Waals surface area contributed by atoms with Gasteiger partial charge in [0.1, 0.15) is 5.82 Å². The van der Waals surface area contributed by atoms with Crippen LogP contribution in [0.2, 0.25) is 0 Å². The smallest absolute Gasteiger partial charge is 0.191 e. The van der Waals surface area contributed by atoms with Crippen LogP contribution in [0.4, 0.5) is 4.39 Å². The molecule has 1 rings (SSSR count). The minimum absolute atomic E-state index is 0.191. The van der Waals surface area contributed by atoms with Gasteiger partial charge in [-0.25, -0.2) is 4.39 Å². The standard InChI is InChI=1S/C21H38FN5/c1-6-27(7-2)15-8-9-18(3)25-21(23-4)24-14-16-26(5)17-19-10-12-20(22)13-11-19/h10-13,18H,6-9,14-17H2,1-5H3,(H2,23,24,25). The van der Waals surface area contributed by atoms with E-state index in [1.807, 2.05) is 12.1 Å². The minimum Gasteiger partial charge on any atom is -0.355 e. The molecule has 0 bridgehead atoms. The number of likely N-dealkylation sites (N-methyl/N-ethyl adjacent to an activating group) is 1. The van der Waals surface area contributed by atoms with Crippen LogP contribution >= 0.6 is 0 Å². The monoisotopic (exact) mass is 379 g/mol. The number of rotatable bonds is 12. The molecule has 27 heavy (non-hydrogen) atoms. The van der Waals surface area contributed by atoms with E-state index in [0.717, 1.165) is 57.2 Å². The van der Waals surface area contributed by atoms with Gasteiger partial charge in [-0.2, -0.15) is 0 Å². The summed E-state index contributed by atoms with van der Waals surface area (Å²) in [4.78, 5) is 8.98.